The van der Waals surface area contributed by atoms with Gasteiger partial charge in [0.05, 0.1) is 22.3 Å². The number of carbonyl (C=O) groups is 2. The third-order valence-corrected chi connectivity index (χ3v) is 6.43. The first-order valence-electron chi connectivity index (χ1n) is 9.79. The summed E-state index contributed by atoms with van der Waals surface area (Å²) in [4.78, 5) is 28.9. The van der Waals surface area contributed by atoms with Crippen LogP contribution in [0.1, 0.15) is 6.92 Å². The second-order valence-electron chi connectivity index (χ2n) is 6.75. The van der Waals surface area contributed by atoms with Crippen molar-refractivity contribution >= 4 is 58.2 Å². The van der Waals surface area contributed by atoms with Crippen molar-refractivity contribution in [2.75, 3.05) is 16.8 Å². The fourth-order valence-corrected chi connectivity index (χ4v) is 4.37. The molecule has 0 radical (unpaired) electrons. The summed E-state index contributed by atoms with van der Waals surface area (Å²) in [6.07, 6.45) is 0. The number of nitrogens with one attached hydrogen (secondary N) is 1. The zero-order valence-electron chi connectivity index (χ0n) is 17.0. The van der Waals surface area contributed by atoms with Crippen molar-refractivity contribution in [1.29, 1.82) is 0 Å². The van der Waals surface area contributed by atoms with Crippen LogP contribution in [-0.2, 0) is 9.59 Å². The van der Waals surface area contributed by atoms with Gasteiger partial charge >= 0.3 is 0 Å². The van der Waals surface area contributed by atoms with E-state index in [4.69, 9.17) is 27.9 Å². The molecule has 0 atom stereocenters. The Morgan fingerprint density at radius 3 is 2.28 bits per heavy atom. The molecular weight excluding hydrogens is 467 g/mol. The van der Waals surface area contributed by atoms with E-state index in [1.165, 1.54) is 17.8 Å². The normalized spacial score (nSPS) is 13.7. The minimum atomic E-state index is -0.472. The van der Waals surface area contributed by atoms with Gasteiger partial charge in [-0.1, -0.05) is 53.2 Å². The molecule has 3 aromatic carbocycles. The molecule has 1 N–H and O–H groups in total. The number of hydrogen-bond donors (Lipinski definition) is 1. The van der Waals surface area contributed by atoms with E-state index < -0.39 is 11.8 Å². The Morgan fingerprint density at radius 1 is 0.906 bits per heavy atom. The van der Waals surface area contributed by atoms with E-state index in [9.17, 15) is 9.59 Å². The summed E-state index contributed by atoms with van der Waals surface area (Å²) in [5, 5.41) is 3.72. The molecule has 5 nitrogen and oxygen atoms in total. The zero-order chi connectivity index (χ0) is 22.7. The number of thioether (sulfide) groups is 1. The maximum absolute atomic E-state index is 13.4. The average molecular weight is 485 g/mol. The Balaban J connectivity index is 1.71. The summed E-state index contributed by atoms with van der Waals surface area (Å²) in [6, 6.07) is 21.2. The third-order valence-electron chi connectivity index (χ3n) is 4.60. The molecule has 0 bridgehead atoms. The van der Waals surface area contributed by atoms with Gasteiger partial charge in [0.2, 0.25) is 0 Å². The lowest BCUT2D eigenvalue weighted by Crippen LogP contribution is -2.32. The van der Waals surface area contributed by atoms with Gasteiger partial charge in [0, 0.05) is 10.6 Å². The van der Waals surface area contributed by atoms with E-state index in [0.717, 1.165) is 15.5 Å². The largest absolute Gasteiger partial charge is 0.494 e. The number of anilines is 2. The number of amides is 2. The standard InChI is InChI=1S/C24H18Cl2N2O3S/c1-2-31-17-11-8-15(9-12-17)27-21-22(32-18-6-4-3-5-7-18)24(30)28(23(21)29)16-10-13-19(25)20(26)14-16/h3-14,27H,2H2,1H3. The van der Waals surface area contributed by atoms with Gasteiger partial charge in [-0.25, -0.2) is 4.90 Å². The van der Waals surface area contributed by atoms with E-state index in [0.29, 0.717) is 27.9 Å². The summed E-state index contributed by atoms with van der Waals surface area (Å²) in [5.41, 5.74) is 1.20. The monoisotopic (exact) mass is 484 g/mol. The highest BCUT2D eigenvalue weighted by atomic mass is 35.5. The van der Waals surface area contributed by atoms with Crippen LogP contribution in [0.2, 0.25) is 10.0 Å². The van der Waals surface area contributed by atoms with Crippen molar-refractivity contribution in [1.82, 2.24) is 0 Å². The third kappa shape index (κ3) is 4.63. The second kappa shape index (κ2) is 9.69. The van der Waals surface area contributed by atoms with Crippen LogP contribution in [0.4, 0.5) is 11.4 Å². The minimum Gasteiger partial charge on any atom is -0.494 e. The lowest BCUT2D eigenvalue weighted by atomic mass is 10.2. The van der Waals surface area contributed by atoms with Crippen LogP contribution in [0, 0.1) is 0 Å². The molecule has 0 aliphatic carbocycles. The van der Waals surface area contributed by atoms with Crippen molar-refractivity contribution in [2.45, 2.75) is 11.8 Å². The van der Waals surface area contributed by atoms with Crippen LogP contribution in [0.3, 0.4) is 0 Å². The number of halogens is 2. The van der Waals surface area contributed by atoms with Gasteiger partial charge < -0.3 is 10.1 Å². The average Bonchev–Trinajstić information content (AvgIpc) is 3.02. The predicted octanol–water partition coefficient (Wildman–Crippen LogP) is 6.38. The molecular formula is C24H18Cl2N2O3S. The van der Waals surface area contributed by atoms with E-state index >= 15 is 0 Å². The Morgan fingerprint density at radius 2 is 1.62 bits per heavy atom. The fourth-order valence-electron chi connectivity index (χ4n) is 3.13. The molecule has 0 unspecified atom stereocenters. The molecule has 8 heteroatoms. The summed E-state index contributed by atoms with van der Waals surface area (Å²) in [5.74, 6) is -0.187. The molecule has 3 aromatic rings. The Hall–Kier alpha value is -2.93. The van der Waals surface area contributed by atoms with Crippen LogP contribution >= 0.6 is 35.0 Å². The summed E-state index contributed by atoms with van der Waals surface area (Å²) < 4.78 is 5.47. The highest BCUT2D eigenvalue weighted by Crippen LogP contribution is 2.39. The molecule has 1 heterocycles. The van der Waals surface area contributed by atoms with E-state index in [2.05, 4.69) is 5.32 Å². The number of carbonyl (C=O) groups excluding carboxylic acids is 2. The maximum atomic E-state index is 13.4. The number of ether oxygens (including phenoxy) is 1. The Bertz CT molecular complexity index is 1200. The number of nitrogens with zero attached hydrogens (tertiary/aromatic N) is 1. The van der Waals surface area contributed by atoms with E-state index in [1.807, 2.05) is 37.3 Å². The number of rotatable bonds is 7. The van der Waals surface area contributed by atoms with Crippen molar-refractivity contribution in [3.63, 3.8) is 0 Å². The predicted molar refractivity (Wildman–Crippen MR) is 130 cm³/mol. The second-order valence-corrected chi connectivity index (χ2v) is 8.64. The molecule has 1 aliphatic rings. The topological polar surface area (TPSA) is 58.6 Å². The van der Waals surface area contributed by atoms with Crippen molar-refractivity contribution in [3.05, 3.63) is 93.4 Å². The van der Waals surface area contributed by atoms with Gasteiger partial charge in [-0.2, -0.15) is 0 Å². The molecule has 0 spiro atoms. The van der Waals surface area contributed by atoms with Crippen LogP contribution in [-0.4, -0.2) is 18.4 Å². The van der Waals surface area contributed by atoms with Crippen molar-refractivity contribution < 1.29 is 14.3 Å². The first-order chi connectivity index (χ1) is 15.5. The van der Waals surface area contributed by atoms with E-state index in [1.54, 1.807) is 36.4 Å². The van der Waals surface area contributed by atoms with Crippen LogP contribution < -0.4 is 15.0 Å². The van der Waals surface area contributed by atoms with Gasteiger partial charge in [0.25, 0.3) is 11.8 Å². The smallest absolute Gasteiger partial charge is 0.283 e. The quantitative estimate of drug-likeness (QED) is 0.394. The number of benzene rings is 3. The van der Waals surface area contributed by atoms with Gasteiger partial charge in [-0.3, -0.25) is 9.59 Å². The van der Waals surface area contributed by atoms with Gasteiger partial charge in [-0.15, -0.1) is 0 Å². The van der Waals surface area contributed by atoms with Crippen molar-refractivity contribution in [2.24, 2.45) is 0 Å². The molecule has 32 heavy (non-hydrogen) atoms. The molecule has 0 saturated heterocycles. The first kappa shape index (κ1) is 22.3. The number of imide groups is 1. The lowest BCUT2D eigenvalue weighted by Gasteiger charge is -2.16. The molecule has 4 rings (SSSR count). The first-order valence-corrected chi connectivity index (χ1v) is 11.4. The lowest BCUT2D eigenvalue weighted by molar-refractivity contribution is -0.120. The van der Waals surface area contributed by atoms with Gasteiger partial charge in [-0.05, 0) is 61.5 Å². The molecule has 1 aliphatic heterocycles. The summed E-state index contributed by atoms with van der Waals surface area (Å²) in [7, 11) is 0. The van der Waals surface area contributed by atoms with Gasteiger partial charge in [0.1, 0.15) is 16.4 Å². The maximum Gasteiger partial charge on any atom is 0.283 e. The summed E-state index contributed by atoms with van der Waals surface area (Å²) in [6.45, 7) is 2.46. The summed E-state index contributed by atoms with van der Waals surface area (Å²) >= 11 is 13.4. The minimum absolute atomic E-state index is 0.194. The molecule has 0 aromatic heterocycles. The fraction of sp³-hybridized carbons (Fsp3) is 0.0833. The SMILES string of the molecule is CCOc1ccc(NC2=C(Sc3ccccc3)C(=O)N(c3ccc(Cl)c(Cl)c3)C2=O)cc1. The molecule has 0 fully saturated rings. The molecule has 162 valence electrons. The Kier molecular flexibility index (Phi) is 6.74. The molecule has 2 amide bonds. The molecule has 0 saturated carbocycles. The highest BCUT2D eigenvalue weighted by molar-refractivity contribution is 8.04. The van der Waals surface area contributed by atoms with Crippen molar-refractivity contribution in [3.8, 4) is 5.75 Å². The van der Waals surface area contributed by atoms with Crippen LogP contribution in [0.5, 0.6) is 5.75 Å². The van der Waals surface area contributed by atoms with Crippen LogP contribution in [0.25, 0.3) is 0 Å². The zero-order valence-corrected chi connectivity index (χ0v) is 19.3. The van der Waals surface area contributed by atoms with E-state index in [-0.39, 0.29) is 10.7 Å². The Labute approximate surface area is 200 Å². The van der Waals surface area contributed by atoms with Crippen LogP contribution in [0.15, 0.2) is 88.3 Å². The van der Waals surface area contributed by atoms with Gasteiger partial charge in [0.15, 0.2) is 0 Å². The highest BCUT2D eigenvalue weighted by Gasteiger charge is 2.40. The number of hydrogen-bond acceptors (Lipinski definition) is 5.